The molecule has 4 bridgehead atoms. The maximum Gasteiger partial charge on any atom is -0.0163 e. The highest BCUT2D eigenvalue weighted by Gasteiger charge is 2.25. The van der Waals surface area contributed by atoms with E-state index in [2.05, 4.69) is 45.1 Å². The van der Waals surface area contributed by atoms with Crippen LogP contribution in [0.2, 0.25) is 0 Å². The molecule has 6 aliphatic carbocycles. The third-order valence-electron chi connectivity index (χ3n) is 5.43. The summed E-state index contributed by atoms with van der Waals surface area (Å²) in [6, 6.07) is 0. The molecule has 3 unspecified atom stereocenters. The fourth-order valence-electron chi connectivity index (χ4n) is 3.92. The minimum Gasteiger partial charge on any atom is -0.0807 e. The number of allylic oxidation sites excluding steroid dienone is 8. The van der Waals surface area contributed by atoms with Gasteiger partial charge in [-0.15, -0.1) is 0 Å². The van der Waals surface area contributed by atoms with Crippen LogP contribution in [0.25, 0.3) is 0 Å². The third-order valence-corrected chi connectivity index (χ3v) is 5.43. The zero-order valence-corrected chi connectivity index (χ0v) is 12.6. The first-order valence-electron chi connectivity index (χ1n) is 7.87. The highest BCUT2D eigenvalue weighted by molar-refractivity contribution is 5.36. The van der Waals surface area contributed by atoms with Crippen molar-refractivity contribution in [3.63, 3.8) is 0 Å². The SMILES string of the molecule is CC1=CC2=C(C)CC1CC(C)C1C=CC(=CC1)CC2. The van der Waals surface area contributed by atoms with Crippen molar-refractivity contribution >= 4 is 0 Å². The minimum absolute atomic E-state index is 0.765. The van der Waals surface area contributed by atoms with Crippen molar-refractivity contribution in [2.75, 3.05) is 0 Å². The number of hydrogen-bond donors (Lipinski definition) is 0. The Balaban J connectivity index is 1.92. The van der Waals surface area contributed by atoms with Crippen molar-refractivity contribution < 1.29 is 0 Å². The molecule has 0 fully saturated rings. The van der Waals surface area contributed by atoms with Crippen LogP contribution < -0.4 is 0 Å². The maximum absolute atomic E-state index is 2.50. The zero-order valence-electron chi connectivity index (χ0n) is 12.6. The molecule has 0 aromatic rings. The van der Waals surface area contributed by atoms with Crippen LogP contribution in [0, 0.1) is 17.8 Å². The Labute approximate surface area is 118 Å². The summed E-state index contributed by atoms with van der Waals surface area (Å²) in [5.41, 5.74) is 6.43. The third kappa shape index (κ3) is 2.63. The van der Waals surface area contributed by atoms with Gasteiger partial charge in [0.15, 0.2) is 0 Å². The van der Waals surface area contributed by atoms with Gasteiger partial charge in [-0.25, -0.2) is 0 Å². The summed E-state index contributed by atoms with van der Waals surface area (Å²) < 4.78 is 0. The molecule has 0 aromatic heterocycles. The van der Waals surface area contributed by atoms with Crippen LogP contribution in [-0.2, 0) is 0 Å². The van der Waals surface area contributed by atoms with Gasteiger partial charge in [0.25, 0.3) is 0 Å². The topological polar surface area (TPSA) is 0 Å². The highest BCUT2D eigenvalue weighted by atomic mass is 14.3. The largest absolute Gasteiger partial charge is 0.0807 e. The first-order chi connectivity index (χ1) is 9.13. The molecule has 6 aliphatic rings. The van der Waals surface area contributed by atoms with Crippen LogP contribution >= 0.6 is 0 Å². The summed E-state index contributed by atoms with van der Waals surface area (Å²) in [4.78, 5) is 0. The summed E-state index contributed by atoms with van der Waals surface area (Å²) >= 11 is 0. The van der Waals surface area contributed by atoms with E-state index >= 15 is 0 Å². The van der Waals surface area contributed by atoms with Crippen LogP contribution in [0.1, 0.15) is 52.9 Å². The molecule has 19 heavy (non-hydrogen) atoms. The van der Waals surface area contributed by atoms with Gasteiger partial charge in [-0.3, -0.25) is 0 Å². The van der Waals surface area contributed by atoms with Gasteiger partial charge in [0.05, 0.1) is 0 Å². The van der Waals surface area contributed by atoms with E-state index in [9.17, 15) is 0 Å². The first kappa shape index (κ1) is 13.0. The lowest BCUT2D eigenvalue weighted by molar-refractivity contribution is 0.343. The quantitative estimate of drug-likeness (QED) is 0.528. The minimum atomic E-state index is 0.765. The average molecular weight is 254 g/mol. The van der Waals surface area contributed by atoms with Crippen molar-refractivity contribution in [2.24, 2.45) is 17.8 Å². The monoisotopic (exact) mass is 254 g/mol. The predicted octanol–water partition coefficient (Wildman–Crippen LogP) is 5.59. The molecule has 6 rings (SSSR count). The second-order valence-corrected chi connectivity index (χ2v) is 6.85. The first-order valence-corrected chi connectivity index (χ1v) is 7.87. The van der Waals surface area contributed by atoms with Gasteiger partial charge in [-0.1, -0.05) is 47.9 Å². The van der Waals surface area contributed by atoms with Crippen molar-refractivity contribution in [3.8, 4) is 0 Å². The molecular formula is C19H26. The Morgan fingerprint density at radius 2 is 2.00 bits per heavy atom. The van der Waals surface area contributed by atoms with Gasteiger partial charge < -0.3 is 0 Å². The molecular weight excluding hydrogens is 228 g/mol. The van der Waals surface area contributed by atoms with E-state index in [1.54, 1.807) is 22.3 Å². The Bertz CT molecular complexity index is 484. The lowest BCUT2D eigenvalue weighted by atomic mass is 9.73. The second kappa shape index (κ2) is 5.15. The van der Waals surface area contributed by atoms with Crippen LogP contribution in [0.4, 0.5) is 0 Å². The van der Waals surface area contributed by atoms with Crippen molar-refractivity contribution in [1.82, 2.24) is 0 Å². The van der Waals surface area contributed by atoms with Gasteiger partial charge in [-0.05, 0) is 69.3 Å². The highest BCUT2D eigenvalue weighted by Crippen LogP contribution is 2.39. The van der Waals surface area contributed by atoms with E-state index in [4.69, 9.17) is 0 Å². The molecule has 0 heterocycles. The molecule has 0 saturated carbocycles. The van der Waals surface area contributed by atoms with Gasteiger partial charge in [-0.2, -0.15) is 0 Å². The smallest absolute Gasteiger partial charge is 0.0163 e. The molecule has 0 radical (unpaired) electrons. The average Bonchev–Trinajstić information content (AvgIpc) is 2.40. The van der Waals surface area contributed by atoms with E-state index in [1.165, 1.54) is 32.1 Å². The molecule has 3 atom stereocenters. The zero-order chi connectivity index (χ0) is 13.4. The van der Waals surface area contributed by atoms with Crippen molar-refractivity contribution in [1.29, 1.82) is 0 Å². The van der Waals surface area contributed by atoms with Crippen LogP contribution in [0.3, 0.4) is 0 Å². The summed E-state index contributed by atoms with van der Waals surface area (Å²) in [5.74, 6) is 2.36. The van der Waals surface area contributed by atoms with E-state index in [1.807, 2.05) is 0 Å². The Kier molecular flexibility index (Phi) is 3.52. The number of rotatable bonds is 0. The predicted molar refractivity (Wildman–Crippen MR) is 82.9 cm³/mol. The summed E-state index contributed by atoms with van der Waals surface area (Å²) in [6.45, 7) is 7.15. The van der Waals surface area contributed by atoms with Crippen LogP contribution in [0.15, 0.2) is 46.6 Å². The van der Waals surface area contributed by atoms with E-state index in [-0.39, 0.29) is 0 Å². The molecule has 102 valence electrons. The van der Waals surface area contributed by atoms with Crippen molar-refractivity contribution in [3.05, 3.63) is 46.6 Å². The van der Waals surface area contributed by atoms with E-state index in [0.717, 1.165) is 17.8 Å². The lowest BCUT2D eigenvalue weighted by Gasteiger charge is -2.32. The van der Waals surface area contributed by atoms with Crippen LogP contribution in [0.5, 0.6) is 0 Å². The second-order valence-electron chi connectivity index (χ2n) is 6.85. The Morgan fingerprint density at radius 3 is 2.74 bits per heavy atom. The van der Waals surface area contributed by atoms with Gasteiger partial charge in [0.1, 0.15) is 0 Å². The maximum atomic E-state index is 2.50. The standard InChI is InChI=1S/C19H26/c1-13-11-19-12-14(2)18(10-15(19)3)9-6-16-4-7-17(13)8-5-16/h4-5,7,10,13,17,19H,6,8-9,11-12H2,1-3H3. The summed E-state index contributed by atoms with van der Waals surface area (Å²) in [7, 11) is 0. The fourth-order valence-corrected chi connectivity index (χ4v) is 3.92. The van der Waals surface area contributed by atoms with Gasteiger partial charge >= 0.3 is 0 Å². The summed E-state index contributed by atoms with van der Waals surface area (Å²) in [5, 5.41) is 0. The molecule has 0 saturated heterocycles. The van der Waals surface area contributed by atoms with E-state index < -0.39 is 0 Å². The number of hydrogen-bond acceptors (Lipinski definition) is 0. The molecule has 0 heteroatoms. The molecule has 0 nitrogen and oxygen atoms in total. The molecule has 0 N–H and O–H groups in total. The normalized spacial score (nSPS) is 34.8. The van der Waals surface area contributed by atoms with Crippen molar-refractivity contribution in [2.45, 2.75) is 52.9 Å². The Hall–Kier alpha value is -1.04. The fraction of sp³-hybridized carbons (Fsp3) is 0.579. The molecule has 0 aliphatic heterocycles. The Morgan fingerprint density at radius 1 is 1.16 bits per heavy atom. The van der Waals surface area contributed by atoms with Crippen LogP contribution in [-0.4, -0.2) is 0 Å². The molecule has 0 aromatic carbocycles. The molecule has 0 amide bonds. The lowest BCUT2D eigenvalue weighted by Crippen LogP contribution is -2.19. The van der Waals surface area contributed by atoms with E-state index in [0.29, 0.717) is 0 Å². The van der Waals surface area contributed by atoms with Gasteiger partial charge in [0.2, 0.25) is 0 Å². The summed E-state index contributed by atoms with van der Waals surface area (Å²) in [6.07, 6.45) is 16.2. The molecule has 0 spiro atoms. The van der Waals surface area contributed by atoms with Gasteiger partial charge in [0, 0.05) is 0 Å².